The first-order valence-electron chi connectivity index (χ1n) is 5.15. The van der Waals surface area contributed by atoms with Crippen molar-refractivity contribution in [2.45, 2.75) is 27.2 Å². The van der Waals surface area contributed by atoms with Gasteiger partial charge in [-0.3, -0.25) is 4.98 Å². The average Bonchev–Trinajstić information content (AvgIpc) is 2.44. The maximum absolute atomic E-state index is 11.2. The molecule has 0 bridgehead atoms. The van der Waals surface area contributed by atoms with Gasteiger partial charge in [-0.05, 0) is 30.9 Å². The van der Waals surface area contributed by atoms with Gasteiger partial charge >= 0.3 is 5.69 Å². The van der Waals surface area contributed by atoms with E-state index in [0.29, 0.717) is 11.6 Å². The Morgan fingerprint density at radius 3 is 2.80 bits per heavy atom. The minimum atomic E-state index is -0.187. The molecule has 0 radical (unpaired) electrons. The third-order valence-electron chi connectivity index (χ3n) is 2.33. The molecule has 15 heavy (non-hydrogen) atoms. The SMILES string of the molecule is Cc1cc(CC(C)C)c2[nH]c(=O)[nH]c2n1. The second-order valence-corrected chi connectivity index (χ2v) is 4.32. The van der Waals surface area contributed by atoms with E-state index in [-0.39, 0.29) is 5.69 Å². The van der Waals surface area contributed by atoms with E-state index >= 15 is 0 Å². The van der Waals surface area contributed by atoms with E-state index in [1.54, 1.807) is 0 Å². The van der Waals surface area contributed by atoms with Gasteiger partial charge in [-0.25, -0.2) is 9.78 Å². The first-order valence-corrected chi connectivity index (χ1v) is 5.15. The van der Waals surface area contributed by atoms with Crippen LogP contribution in [0.3, 0.4) is 0 Å². The van der Waals surface area contributed by atoms with E-state index in [1.807, 2.05) is 13.0 Å². The third-order valence-corrected chi connectivity index (χ3v) is 2.33. The molecular formula is C11H15N3O. The van der Waals surface area contributed by atoms with Gasteiger partial charge in [0.15, 0.2) is 5.65 Å². The highest BCUT2D eigenvalue weighted by Crippen LogP contribution is 2.16. The molecule has 80 valence electrons. The first kappa shape index (κ1) is 9.96. The zero-order valence-corrected chi connectivity index (χ0v) is 9.22. The zero-order valence-electron chi connectivity index (χ0n) is 9.22. The number of fused-ring (bicyclic) bond motifs is 1. The zero-order chi connectivity index (χ0) is 11.0. The number of aryl methyl sites for hydroxylation is 1. The van der Waals surface area contributed by atoms with Crippen LogP contribution in [0.2, 0.25) is 0 Å². The molecule has 4 nitrogen and oxygen atoms in total. The van der Waals surface area contributed by atoms with Gasteiger partial charge in [-0.15, -0.1) is 0 Å². The topological polar surface area (TPSA) is 61.5 Å². The second kappa shape index (κ2) is 3.53. The maximum Gasteiger partial charge on any atom is 0.325 e. The highest BCUT2D eigenvalue weighted by molar-refractivity contribution is 5.74. The van der Waals surface area contributed by atoms with Crippen molar-refractivity contribution in [3.05, 3.63) is 27.8 Å². The van der Waals surface area contributed by atoms with E-state index < -0.39 is 0 Å². The Bertz CT molecular complexity index is 536. The molecule has 0 aromatic carbocycles. The van der Waals surface area contributed by atoms with Crippen LogP contribution in [-0.4, -0.2) is 15.0 Å². The Balaban J connectivity index is 2.65. The van der Waals surface area contributed by atoms with Gasteiger partial charge in [-0.2, -0.15) is 0 Å². The summed E-state index contributed by atoms with van der Waals surface area (Å²) in [6.07, 6.45) is 0.952. The van der Waals surface area contributed by atoms with E-state index in [0.717, 1.165) is 23.2 Å². The number of hydrogen-bond donors (Lipinski definition) is 2. The molecule has 0 aliphatic heterocycles. The molecule has 0 unspecified atom stereocenters. The van der Waals surface area contributed by atoms with E-state index in [9.17, 15) is 4.79 Å². The summed E-state index contributed by atoms with van der Waals surface area (Å²) in [4.78, 5) is 20.9. The summed E-state index contributed by atoms with van der Waals surface area (Å²) in [5, 5.41) is 0. The number of nitrogens with one attached hydrogen (secondary N) is 2. The van der Waals surface area contributed by atoms with Gasteiger partial charge in [0.1, 0.15) is 0 Å². The largest absolute Gasteiger partial charge is 0.325 e. The number of aromatic nitrogens is 3. The van der Waals surface area contributed by atoms with Crippen LogP contribution in [0.5, 0.6) is 0 Å². The van der Waals surface area contributed by atoms with Gasteiger partial charge in [-0.1, -0.05) is 13.8 Å². The van der Waals surface area contributed by atoms with Crippen LogP contribution >= 0.6 is 0 Å². The summed E-state index contributed by atoms with van der Waals surface area (Å²) in [6.45, 7) is 6.26. The lowest BCUT2D eigenvalue weighted by Crippen LogP contribution is -2.00. The Labute approximate surface area is 87.7 Å². The van der Waals surface area contributed by atoms with Gasteiger partial charge in [0.25, 0.3) is 0 Å². The predicted molar refractivity (Wildman–Crippen MR) is 60.0 cm³/mol. The Kier molecular flexibility index (Phi) is 2.34. The lowest BCUT2D eigenvalue weighted by atomic mass is 10.0. The smallest absolute Gasteiger partial charge is 0.304 e. The van der Waals surface area contributed by atoms with Crippen LogP contribution in [0.1, 0.15) is 25.1 Å². The minimum Gasteiger partial charge on any atom is -0.304 e. The molecule has 0 fully saturated rings. The fourth-order valence-electron chi connectivity index (χ4n) is 1.82. The molecule has 2 aromatic heterocycles. The molecule has 2 N–H and O–H groups in total. The molecule has 2 aromatic rings. The first-order chi connectivity index (χ1) is 7.06. The Morgan fingerprint density at radius 1 is 1.40 bits per heavy atom. The quantitative estimate of drug-likeness (QED) is 0.784. The monoisotopic (exact) mass is 205 g/mol. The molecule has 0 amide bonds. The number of H-pyrrole nitrogens is 2. The van der Waals surface area contributed by atoms with Crippen LogP contribution in [-0.2, 0) is 6.42 Å². The summed E-state index contributed by atoms with van der Waals surface area (Å²) in [7, 11) is 0. The summed E-state index contributed by atoms with van der Waals surface area (Å²) < 4.78 is 0. The summed E-state index contributed by atoms with van der Waals surface area (Å²) >= 11 is 0. The fourth-order valence-corrected chi connectivity index (χ4v) is 1.82. The lowest BCUT2D eigenvalue weighted by molar-refractivity contribution is 0.649. The summed E-state index contributed by atoms with van der Waals surface area (Å²) in [6, 6.07) is 2.03. The van der Waals surface area contributed by atoms with Crippen molar-refractivity contribution in [1.29, 1.82) is 0 Å². The molecule has 4 heteroatoms. The van der Waals surface area contributed by atoms with Crippen molar-refractivity contribution < 1.29 is 0 Å². The number of nitrogens with zero attached hydrogens (tertiary/aromatic N) is 1. The van der Waals surface area contributed by atoms with Crippen LogP contribution in [0.4, 0.5) is 0 Å². The van der Waals surface area contributed by atoms with Gasteiger partial charge in [0, 0.05) is 5.69 Å². The van der Waals surface area contributed by atoms with Crippen molar-refractivity contribution >= 4 is 11.2 Å². The number of imidazole rings is 1. The number of rotatable bonds is 2. The number of aromatic amines is 2. The summed E-state index contributed by atoms with van der Waals surface area (Å²) in [5.74, 6) is 0.563. The normalized spacial score (nSPS) is 11.5. The Hall–Kier alpha value is -1.58. The van der Waals surface area contributed by atoms with Crippen molar-refractivity contribution in [1.82, 2.24) is 15.0 Å². The van der Waals surface area contributed by atoms with Crippen molar-refractivity contribution in [3.8, 4) is 0 Å². The summed E-state index contributed by atoms with van der Waals surface area (Å²) in [5.41, 5.74) is 3.42. The molecule has 0 saturated heterocycles. The third kappa shape index (κ3) is 1.93. The minimum absolute atomic E-state index is 0.187. The van der Waals surface area contributed by atoms with Gasteiger partial charge in [0.05, 0.1) is 5.52 Å². The predicted octanol–water partition coefficient (Wildman–Crippen LogP) is 1.76. The maximum atomic E-state index is 11.2. The molecular weight excluding hydrogens is 190 g/mol. The fraction of sp³-hybridized carbons (Fsp3) is 0.455. The standard InChI is InChI=1S/C11H15N3O/c1-6(2)4-8-5-7(3)12-10-9(8)13-11(15)14-10/h5-6H,4H2,1-3H3,(H2,12,13,14,15). The van der Waals surface area contributed by atoms with Gasteiger partial charge in [0.2, 0.25) is 0 Å². The van der Waals surface area contributed by atoms with Crippen molar-refractivity contribution in [2.75, 3.05) is 0 Å². The van der Waals surface area contributed by atoms with E-state index in [2.05, 4.69) is 28.8 Å². The van der Waals surface area contributed by atoms with Crippen molar-refractivity contribution in [3.63, 3.8) is 0 Å². The molecule has 0 aliphatic carbocycles. The van der Waals surface area contributed by atoms with Crippen LogP contribution in [0.25, 0.3) is 11.2 Å². The lowest BCUT2D eigenvalue weighted by Gasteiger charge is -2.06. The molecule has 0 saturated carbocycles. The number of hydrogen-bond acceptors (Lipinski definition) is 2. The van der Waals surface area contributed by atoms with Crippen LogP contribution in [0.15, 0.2) is 10.9 Å². The highest BCUT2D eigenvalue weighted by atomic mass is 16.1. The van der Waals surface area contributed by atoms with E-state index in [1.165, 1.54) is 0 Å². The average molecular weight is 205 g/mol. The van der Waals surface area contributed by atoms with Crippen LogP contribution < -0.4 is 5.69 Å². The molecule has 0 aliphatic rings. The highest BCUT2D eigenvalue weighted by Gasteiger charge is 2.08. The van der Waals surface area contributed by atoms with Crippen molar-refractivity contribution in [2.24, 2.45) is 5.92 Å². The molecule has 2 heterocycles. The van der Waals surface area contributed by atoms with Crippen LogP contribution in [0, 0.1) is 12.8 Å². The second-order valence-electron chi connectivity index (χ2n) is 4.32. The Morgan fingerprint density at radius 2 is 2.13 bits per heavy atom. The van der Waals surface area contributed by atoms with Gasteiger partial charge < -0.3 is 4.98 Å². The molecule has 0 atom stereocenters. The molecule has 0 spiro atoms. The number of pyridine rings is 1. The van der Waals surface area contributed by atoms with E-state index in [4.69, 9.17) is 0 Å². The molecule has 2 rings (SSSR count).